The number of aliphatic hydroxyl groups excluding tert-OH is 1. The first-order valence-electron chi connectivity index (χ1n) is 6.34. The van der Waals surface area contributed by atoms with Crippen LogP contribution in [-0.2, 0) is 9.47 Å². The normalized spacial score (nSPS) is 11.7. The molecule has 114 valence electrons. The summed E-state index contributed by atoms with van der Waals surface area (Å²) in [4.78, 5) is 0. The molecule has 0 aliphatic heterocycles. The fraction of sp³-hybridized carbons (Fsp3) is 1.00. The lowest BCUT2D eigenvalue weighted by atomic mass is 10.2. The van der Waals surface area contributed by atoms with E-state index in [0.29, 0.717) is 6.79 Å². The van der Waals surface area contributed by atoms with Gasteiger partial charge in [-0.1, -0.05) is 19.6 Å². The van der Waals surface area contributed by atoms with Gasteiger partial charge in [0.2, 0.25) is 0 Å². The SMILES string of the molecule is CC(C)(C)OCOCC[Si](C)(C)C.CC(C)O.Cl. The molecule has 0 spiro atoms. The van der Waals surface area contributed by atoms with Crippen molar-refractivity contribution < 1.29 is 14.6 Å². The molecular weight excluding hydrogens is 268 g/mol. The molecule has 0 aliphatic rings. The van der Waals surface area contributed by atoms with Crippen LogP contribution >= 0.6 is 12.4 Å². The average molecular weight is 301 g/mol. The molecule has 0 saturated heterocycles. The summed E-state index contributed by atoms with van der Waals surface area (Å²) >= 11 is 0. The van der Waals surface area contributed by atoms with Gasteiger partial charge in [-0.2, -0.15) is 0 Å². The van der Waals surface area contributed by atoms with E-state index in [9.17, 15) is 0 Å². The Hall–Kier alpha value is 0.387. The summed E-state index contributed by atoms with van der Waals surface area (Å²) in [6, 6.07) is 1.21. The van der Waals surface area contributed by atoms with E-state index < -0.39 is 8.07 Å². The Morgan fingerprint density at radius 1 is 1.11 bits per heavy atom. The number of aliphatic hydroxyl groups is 1. The molecule has 0 aromatic carbocycles. The van der Waals surface area contributed by atoms with Crippen molar-refractivity contribution in [2.24, 2.45) is 0 Å². The van der Waals surface area contributed by atoms with Crippen LogP contribution in [0.2, 0.25) is 25.7 Å². The van der Waals surface area contributed by atoms with Crippen LogP contribution < -0.4 is 0 Å². The molecule has 0 radical (unpaired) electrons. The third-order valence-corrected chi connectivity index (χ3v) is 3.28. The third-order valence-electron chi connectivity index (χ3n) is 1.57. The molecule has 0 heterocycles. The molecule has 0 bridgehead atoms. The second kappa shape index (κ2) is 11.2. The molecule has 0 aromatic heterocycles. The van der Waals surface area contributed by atoms with Gasteiger partial charge in [-0.3, -0.25) is 0 Å². The molecule has 0 aromatic rings. The van der Waals surface area contributed by atoms with E-state index in [1.165, 1.54) is 6.04 Å². The van der Waals surface area contributed by atoms with Gasteiger partial charge in [0, 0.05) is 20.8 Å². The van der Waals surface area contributed by atoms with Crippen LogP contribution in [0.3, 0.4) is 0 Å². The van der Waals surface area contributed by atoms with Crippen LogP contribution in [0.4, 0.5) is 0 Å². The molecule has 0 atom stereocenters. The van der Waals surface area contributed by atoms with Crippen LogP contribution in [0.25, 0.3) is 0 Å². The molecule has 1 N–H and O–H groups in total. The lowest BCUT2D eigenvalue weighted by Crippen LogP contribution is -2.24. The standard InChI is InChI=1S/C10H24O2Si.C3H8O.ClH/c1-10(2,3)12-9-11-7-8-13(4,5)6;1-3(2)4;/h7-9H2,1-6H3;3-4H,1-2H3;1H. The van der Waals surface area contributed by atoms with Crippen LogP contribution in [0.15, 0.2) is 0 Å². The highest BCUT2D eigenvalue weighted by Gasteiger charge is 2.13. The highest BCUT2D eigenvalue weighted by atomic mass is 35.5. The van der Waals surface area contributed by atoms with E-state index in [4.69, 9.17) is 14.6 Å². The third kappa shape index (κ3) is 36.0. The minimum atomic E-state index is -0.934. The van der Waals surface area contributed by atoms with Crippen molar-refractivity contribution in [3.05, 3.63) is 0 Å². The second-order valence-corrected chi connectivity index (χ2v) is 12.3. The summed E-state index contributed by atoms with van der Waals surface area (Å²) in [7, 11) is -0.934. The van der Waals surface area contributed by atoms with E-state index >= 15 is 0 Å². The van der Waals surface area contributed by atoms with E-state index in [1.54, 1.807) is 13.8 Å². The first-order valence-corrected chi connectivity index (χ1v) is 10.0. The maximum atomic E-state index is 8.06. The van der Waals surface area contributed by atoms with E-state index in [0.717, 1.165) is 6.61 Å². The Labute approximate surface area is 121 Å². The lowest BCUT2D eigenvalue weighted by Gasteiger charge is -2.20. The fourth-order valence-corrected chi connectivity index (χ4v) is 1.41. The van der Waals surface area contributed by atoms with Gasteiger partial charge >= 0.3 is 0 Å². The smallest absolute Gasteiger partial charge is 0.147 e. The Morgan fingerprint density at radius 3 is 1.78 bits per heavy atom. The number of hydrogen-bond donors (Lipinski definition) is 1. The zero-order chi connectivity index (χ0) is 14.1. The maximum Gasteiger partial charge on any atom is 0.147 e. The number of ether oxygens (including phenoxy) is 2. The Morgan fingerprint density at radius 2 is 1.50 bits per heavy atom. The van der Waals surface area contributed by atoms with Crippen molar-refractivity contribution in [2.45, 2.75) is 72.0 Å². The van der Waals surface area contributed by atoms with Gasteiger partial charge in [0.05, 0.1) is 5.60 Å². The van der Waals surface area contributed by atoms with Crippen molar-refractivity contribution in [1.82, 2.24) is 0 Å². The summed E-state index contributed by atoms with van der Waals surface area (Å²) < 4.78 is 10.8. The van der Waals surface area contributed by atoms with Gasteiger partial charge in [0.15, 0.2) is 0 Å². The first kappa shape index (κ1) is 23.5. The van der Waals surface area contributed by atoms with Crippen molar-refractivity contribution in [3.63, 3.8) is 0 Å². The van der Waals surface area contributed by atoms with Gasteiger partial charge in [-0.25, -0.2) is 0 Å². The van der Waals surface area contributed by atoms with Crippen LogP contribution in [0.1, 0.15) is 34.6 Å². The minimum absolute atomic E-state index is 0. The zero-order valence-corrected chi connectivity index (χ0v) is 15.2. The van der Waals surface area contributed by atoms with E-state index in [1.807, 2.05) is 20.8 Å². The molecule has 3 nitrogen and oxygen atoms in total. The molecule has 0 saturated carbocycles. The summed E-state index contributed by atoms with van der Waals surface area (Å²) in [5.41, 5.74) is -0.0842. The molecule has 0 amide bonds. The molecule has 5 heteroatoms. The van der Waals surface area contributed by atoms with Gasteiger partial charge in [-0.05, 0) is 40.7 Å². The molecule has 0 fully saturated rings. The molecular formula is C13H33ClO3Si. The highest BCUT2D eigenvalue weighted by molar-refractivity contribution is 6.76. The van der Waals surface area contributed by atoms with Gasteiger partial charge < -0.3 is 14.6 Å². The highest BCUT2D eigenvalue weighted by Crippen LogP contribution is 2.09. The van der Waals surface area contributed by atoms with Crippen molar-refractivity contribution in [2.75, 3.05) is 13.4 Å². The largest absolute Gasteiger partial charge is 0.394 e. The number of hydrogen-bond acceptors (Lipinski definition) is 3. The van der Waals surface area contributed by atoms with E-state index in [2.05, 4.69) is 19.6 Å². The van der Waals surface area contributed by atoms with Crippen LogP contribution in [0, 0.1) is 0 Å². The van der Waals surface area contributed by atoms with Gasteiger partial charge in [-0.15, -0.1) is 12.4 Å². The Kier molecular flexibility index (Phi) is 14.7. The molecule has 0 rings (SSSR count). The fourth-order valence-electron chi connectivity index (χ4n) is 0.656. The Bertz CT molecular complexity index is 155. The van der Waals surface area contributed by atoms with Crippen molar-refractivity contribution in [1.29, 1.82) is 0 Å². The summed E-state index contributed by atoms with van der Waals surface area (Å²) in [6.07, 6.45) is -0.167. The molecule has 0 aliphatic carbocycles. The average Bonchev–Trinajstić information content (AvgIpc) is 1.97. The number of halogens is 1. The van der Waals surface area contributed by atoms with Crippen molar-refractivity contribution in [3.8, 4) is 0 Å². The second-order valence-electron chi connectivity index (χ2n) is 6.69. The topological polar surface area (TPSA) is 38.7 Å². The first-order chi connectivity index (χ1) is 7.44. The predicted molar refractivity (Wildman–Crippen MR) is 84.4 cm³/mol. The zero-order valence-electron chi connectivity index (χ0n) is 13.4. The van der Waals surface area contributed by atoms with E-state index in [-0.39, 0.29) is 24.1 Å². The van der Waals surface area contributed by atoms with Crippen LogP contribution in [-0.4, -0.2) is 38.3 Å². The van der Waals surface area contributed by atoms with Crippen molar-refractivity contribution >= 4 is 20.5 Å². The summed E-state index contributed by atoms with van der Waals surface area (Å²) in [5.74, 6) is 0. The monoisotopic (exact) mass is 300 g/mol. The number of rotatable bonds is 5. The molecule has 0 unspecified atom stereocenters. The quantitative estimate of drug-likeness (QED) is 0.475. The van der Waals surface area contributed by atoms with Crippen LogP contribution in [0.5, 0.6) is 0 Å². The predicted octanol–water partition coefficient (Wildman–Crippen LogP) is 3.92. The Balaban J connectivity index is -0.000000392. The summed E-state index contributed by atoms with van der Waals surface area (Å²) in [5, 5.41) is 8.06. The maximum absolute atomic E-state index is 8.06. The lowest BCUT2D eigenvalue weighted by molar-refractivity contribution is -0.117. The van der Waals surface area contributed by atoms with Gasteiger partial charge in [0.1, 0.15) is 6.79 Å². The molecule has 18 heavy (non-hydrogen) atoms. The summed E-state index contributed by atoms with van der Waals surface area (Å²) in [6.45, 7) is 17.9. The van der Waals surface area contributed by atoms with Gasteiger partial charge in [0.25, 0.3) is 0 Å². The minimum Gasteiger partial charge on any atom is -0.394 e.